The van der Waals surface area contributed by atoms with E-state index < -0.39 is 11.1 Å². The molecule has 0 bridgehead atoms. The summed E-state index contributed by atoms with van der Waals surface area (Å²) in [7, 11) is 0. The first kappa shape index (κ1) is 26.3. The molecule has 0 heterocycles. The van der Waals surface area contributed by atoms with Crippen LogP contribution in [0.2, 0.25) is 0 Å². The fourth-order valence-corrected chi connectivity index (χ4v) is 1.90. The summed E-state index contributed by atoms with van der Waals surface area (Å²) >= 11 is -1.43. The fraction of sp³-hybridized carbons (Fsp3) is 0.400. The standard InChI is InChI=1S/C12H10O2S.4C2H6/c13-15(12-9-5-2-6-10-12)14-11-7-3-1-4-8-11;4*1-2/h1-10H;4*1-2H3. The minimum absolute atomic E-state index is 0.611. The SMILES string of the molecule is CC.CC.CC.CC.O=S(Oc1ccccc1)c1ccccc1. The molecule has 0 aromatic heterocycles. The van der Waals surface area contributed by atoms with Gasteiger partial charge in [0.05, 0.1) is 4.90 Å². The molecule has 0 N–H and O–H groups in total. The van der Waals surface area contributed by atoms with Gasteiger partial charge in [-0.15, -0.1) is 0 Å². The number of hydrogen-bond acceptors (Lipinski definition) is 2. The Morgan fingerprint density at radius 1 is 0.609 bits per heavy atom. The van der Waals surface area contributed by atoms with Crippen molar-refractivity contribution in [3.8, 4) is 5.75 Å². The molecule has 0 aliphatic heterocycles. The Kier molecular flexibility index (Phi) is 25.9. The lowest BCUT2D eigenvalue weighted by Crippen LogP contribution is -2.00. The summed E-state index contributed by atoms with van der Waals surface area (Å²) < 4.78 is 17.0. The van der Waals surface area contributed by atoms with Gasteiger partial charge in [0.15, 0.2) is 0 Å². The molecule has 0 aliphatic carbocycles. The molecule has 0 aliphatic rings. The van der Waals surface area contributed by atoms with Crippen molar-refractivity contribution in [2.75, 3.05) is 0 Å². The third kappa shape index (κ3) is 13.8. The maximum Gasteiger partial charge on any atom is 0.240 e. The van der Waals surface area contributed by atoms with Crippen molar-refractivity contribution < 1.29 is 8.39 Å². The van der Waals surface area contributed by atoms with Gasteiger partial charge in [-0.2, -0.15) is 0 Å². The third-order valence-electron chi connectivity index (χ3n) is 1.85. The number of para-hydroxylation sites is 1. The van der Waals surface area contributed by atoms with Gasteiger partial charge in [-0.05, 0) is 24.3 Å². The highest BCUT2D eigenvalue weighted by Gasteiger charge is 2.04. The summed E-state index contributed by atoms with van der Waals surface area (Å²) in [6.07, 6.45) is 0. The third-order valence-corrected chi connectivity index (χ3v) is 2.85. The Labute approximate surface area is 146 Å². The lowest BCUT2D eigenvalue weighted by atomic mass is 10.3. The zero-order chi connectivity index (χ0) is 18.5. The smallest absolute Gasteiger partial charge is 0.240 e. The first-order chi connectivity index (χ1) is 11.4. The average molecular weight is 339 g/mol. The van der Waals surface area contributed by atoms with Crippen molar-refractivity contribution in [2.24, 2.45) is 0 Å². The highest BCUT2D eigenvalue weighted by Crippen LogP contribution is 2.14. The highest BCUT2D eigenvalue weighted by molar-refractivity contribution is 7.80. The Hall–Kier alpha value is -1.61. The van der Waals surface area contributed by atoms with Crippen molar-refractivity contribution in [1.82, 2.24) is 0 Å². The van der Waals surface area contributed by atoms with E-state index in [4.69, 9.17) is 4.18 Å². The van der Waals surface area contributed by atoms with E-state index >= 15 is 0 Å². The number of rotatable bonds is 3. The zero-order valence-electron chi connectivity index (χ0n) is 16.0. The lowest BCUT2D eigenvalue weighted by molar-refractivity contribution is 0.562. The zero-order valence-corrected chi connectivity index (χ0v) is 16.8. The summed E-state index contributed by atoms with van der Waals surface area (Å²) in [4.78, 5) is 0.668. The summed E-state index contributed by atoms with van der Waals surface area (Å²) in [5.41, 5.74) is 0. The molecule has 2 rings (SSSR count). The highest BCUT2D eigenvalue weighted by atomic mass is 32.2. The minimum Gasteiger partial charge on any atom is -0.397 e. The molecule has 0 radical (unpaired) electrons. The van der Waals surface area contributed by atoms with Gasteiger partial charge < -0.3 is 4.18 Å². The first-order valence-electron chi connectivity index (χ1n) is 8.56. The van der Waals surface area contributed by atoms with Crippen molar-refractivity contribution in [3.05, 3.63) is 60.7 Å². The average Bonchev–Trinajstić information content (AvgIpc) is 2.69. The maximum atomic E-state index is 11.7. The Bertz CT molecular complexity index is 442. The van der Waals surface area contributed by atoms with Crippen LogP contribution in [0.5, 0.6) is 5.75 Å². The van der Waals surface area contributed by atoms with Gasteiger partial charge in [-0.25, -0.2) is 4.21 Å². The second-order valence-corrected chi connectivity index (χ2v) is 4.05. The maximum absolute atomic E-state index is 11.7. The molecule has 0 amide bonds. The van der Waals surface area contributed by atoms with E-state index in [-0.39, 0.29) is 0 Å². The van der Waals surface area contributed by atoms with E-state index in [9.17, 15) is 4.21 Å². The molecule has 0 fully saturated rings. The minimum atomic E-state index is -1.43. The Balaban J connectivity index is -0.000000438. The van der Waals surface area contributed by atoms with Gasteiger partial charge in [0.25, 0.3) is 0 Å². The molecular weight excluding hydrogens is 304 g/mol. The molecule has 2 aromatic rings. The van der Waals surface area contributed by atoms with Crippen molar-refractivity contribution in [1.29, 1.82) is 0 Å². The predicted molar refractivity (Wildman–Crippen MR) is 105 cm³/mol. The summed E-state index contributed by atoms with van der Waals surface area (Å²) in [6.45, 7) is 16.0. The largest absolute Gasteiger partial charge is 0.397 e. The van der Waals surface area contributed by atoms with Crippen LogP contribution in [-0.2, 0) is 11.1 Å². The van der Waals surface area contributed by atoms with Gasteiger partial charge in [-0.1, -0.05) is 91.8 Å². The van der Waals surface area contributed by atoms with Gasteiger partial charge >= 0.3 is 0 Å². The van der Waals surface area contributed by atoms with E-state index in [1.54, 1.807) is 24.3 Å². The predicted octanol–water partition coefficient (Wildman–Crippen LogP) is 6.89. The van der Waals surface area contributed by atoms with E-state index in [2.05, 4.69) is 0 Å². The van der Waals surface area contributed by atoms with Crippen LogP contribution in [0, 0.1) is 0 Å². The molecule has 2 nitrogen and oxygen atoms in total. The molecule has 23 heavy (non-hydrogen) atoms. The van der Waals surface area contributed by atoms with Crippen LogP contribution in [0.3, 0.4) is 0 Å². The molecule has 0 saturated carbocycles. The van der Waals surface area contributed by atoms with Crippen LogP contribution in [0.4, 0.5) is 0 Å². The molecule has 0 spiro atoms. The number of hydrogen-bond donors (Lipinski definition) is 0. The second kappa shape index (κ2) is 22.7. The fourth-order valence-electron chi connectivity index (χ4n) is 1.14. The monoisotopic (exact) mass is 338 g/mol. The van der Waals surface area contributed by atoms with Gasteiger partial charge in [0.1, 0.15) is 5.75 Å². The lowest BCUT2D eigenvalue weighted by Gasteiger charge is -2.03. The van der Waals surface area contributed by atoms with E-state index in [1.807, 2.05) is 91.8 Å². The summed E-state index contributed by atoms with van der Waals surface area (Å²) in [5, 5.41) is 0. The van der Waals surface area contributed by atoms with Crippen molar-refractivity contribution >= 4 is 11.1 Å². The van der Waals surface area contributed by atoms with Gasteiger partial charge in [-0.3, -0.25) is 0 Å². The topological polar surface area (TPSA) is 26.3 Å². The molecule has 1 atom stereocenters. The van der Waals surface area contributed by atoms with Crippen LogP contribution in [0.25, 0.3) is 0 Å². The molecular formula is C20H34O2S. The van der Waals surface area contributed by atoms with Gasteiger partial charge in [0, 0.05) is 0 Å². The summed E-state index contributed by atoms with van der Waals surface area (Å²) in [6, 6.07) is 18.2. The summed E-state index contributed by atoms with van der Waals surface area (Å²) in [5.74, 6) is 0.611. The molecule has 132 valence electrons. The Morgan fingerprint density at radius 3 is 1.35 bits per heavy atom. The second-order valence-electron chi connectivity index (χ2n) is 2.94. The normalized spacial score (nSPS) is 8.87. The van der Waals surface area contributed by atoms with E-state index in [0.717, 1.165) is 0 Å². The van der Waals surface area contributed by atoms with Crippen LogP contribution >= 0.6 is 0 Å². The van der Waals surface area contributed by atoms with Crippen LogP contribution in [0.15, 0.2) is 65.6 Å². The van der Waals surface area contributed by atoms with Crippen molar-refractivity contribution in [2.45, 2.75) is 60.3 Å². The van der Waals surface area contributed by atoms with Crippen LogP contribution in [-0.4, -0.2) is 4.21 Å². The number of benzene rings is 2. The molecule has 0 saturated heterocycles. The molecule has 2 aromatic carbocycles. The molecule has 1 unspecified atom stereocenters. The van der Waals surface area contributed by atoms with Crippen molar-refractivity contribution in [3.63, 3.8) is 0 Å². The van der Waals surface area contributed by atoms with E-state index in [1.165, 1.54) is 0 Å². The van der Waals surface area contributed by atoms with Crippen LogP contribution < -0.4 is 4.18 Å². The Morgan fingerprint density at radius 2 is 0.957 bits per heavy atom. The van der Waals surface area contributed by atoms with Crippen LogP contribution in [0.1, 0.15) is 55.4 Å². The van der Waals surface area contributed by atoms with E-state index in [0.29, 0.717) is 10.6 Å². The first-order valence-corrected chi connectivity index (χ1v) is 9.64. The van der Waals surface area contributed by atoms with Gasteiger partial charge in [0.2, 0.25) is 11.1 Å². The molecule has 3 heteroatoms. The quantitative estimate of drug-likeness (QED) is 0.609.